The Kier molecular flexibility index (Phi) is 12.6. The van der Waals surface area contributed by atoms with Crippen LogP contribution in [0.2, 0.25) is 0 Å². The molecule has 0 N–H and O–H groups in total. The van der Waals surface area contributed by atoms with Crippen molar-refractivity contribution in [3.8, 4) is 17.2 Å². The molecule has 3 aromatic carbocycles. The number of nitrogens with zero attached hydrogens (tertiary/aromatic N) is 6. The molecule has 12 heterocycles. The minimum atomic E-state index is -0.211. The van der Waals surface area contributed by atoms with E-state index in [9.17, 15) is 28.8 Å². The van der Waals surface area contributed by atoms with Crippen LogP contribution in [0.15, 0.2) is 124 Å². The number of hydrogen-bond donors (Lipinski definition) is 0. The van der Waals surface area contributed by atoms with E-state index < -0.39 is 0 Å². The summed E-state index contributed by atoms with van der Waals surface area (Å²) in [6, 6.07) is 35.0. The van der Waals surface area contributed by atoms with Gasteiger partial charge in [0.05, 0.1) is 36.4 Å². The number of carbonyl (C=O) groups is 3. The Labute approximate surface area is 484 Å². The largest absolute Gasteiger partial charge is 0.483 e. The highest BCUT2D eigenvalue weighted by Crippen LogP contribution is 2.50. The summed E-state index contributed by atoms with van der Waals surface area (Å²) in [5, 5.41) is 0. The van der Waals surface area contributed by atoms with E-state index in [2.05, 4.69) is 0 Å². The van der Waals surface area contributed by atoms with E-state index in [4.69, 9.17) is 28.4 Å². The lowest BCUT2D eigenvalue weighted by atomic mass is 10.0. The highest BCUT2D eigenvalue weighted by molar-refractivity contribution is 5.98. The van der Waals surface area contributed by atoms with E-state index in [1.807, 2.05) is 119 Å². The van der Waals surface area contributed by atoms with Crippen LogP contribution in [0.4, 0.5) is 0 Å². The first kappa shape index (κ1) is 51.8. The van der Waals surface area contributed by atoms with Gasteiger partial charge in [-0.3, -0.25) is 28.8 Å². The van der Waals surface area contributed by atoms with Crippen molar-refractivity contribution in [3.05, 3.63) is 191 Å². The molecule has 3 aliphatic carbocycles. The fourth-order valence-corrected chi connectivity index (χ4v) is 16.3. The van der Waals surface area contributed by atoms with Crippen molar-refractivity contribution in [1.29, 1.82) is 0 Å². The Hall–Kier alpha value is -7.80. The van der Waals surface area contributed by atoms with Gasteiger partial charge in [0.1, 0.15) is 19.8 Å². The van der Waals surface area contributed by atoms with Crippen molar-refractivity contribution in [2.45, 2.75) is 189 Å². The lowest BCUT2D eigenvalue weighted by molar-refractivity contribution is -0.147. The summed E-state index contributed by atoms with van der Waals surface area (Å²) in [7, 11) is 0. The van der Waals surface area contributed by atoms with Crippen molar-refractivity contribution < 1.29 is 42.8 Å². The molecule has 12 aliphatic rings. The van der Waals surface area contributed by atoms with Crippen LogP contribution < -0.4 is 30.5 Å². The SMILES string of the molecule is O=C1c2c(OCc3ccccc3)c(=O)cc3n2C(CC3)C2OC3CCC(C3)N12.O=C1c2c(OCc3ccccc3)c(=O)cc3n2[C@H](CC3)[C@@H]2OC3CCC(C3)N12.O=C1c2c(OCc3ccccc3)c(=O)cc3n2[C@H](CC3)[C@H]2OC3CCC(C3)N12. The fraction of sp³-hybridized carbons (Fsp3) is 0.455. The molecule has 6 aromatic rings. The number of ether oxygens (including phenoxy) is 6. The van der Waals surface area contributed by atoms with E-state index in [0.29, 0.717) is 17.1 Å². The van der Waals surface area contributed by atoms with Crippen molar-refractivity contribution >= 4 is 17.7 Å². The van der Waals surface area contributed by atoms with Gasteiger partial charge in [0.25, 0.3) is 17.7 Å². The average molecular weight is 1140 g/mol. The minimum Gasteiger partial charge on any atom is -0.483 e. The van der Waals surface area contributed by atoms with Gasteiger partial charge in [-0.05, 0) is 113 Å². The number of carbonyl (C=O) groups excluding carboxylic acids is 3. The zero-order valence-corrected chi connectivity index (χ0v) is 46.6. The van der Waals surface area contributed by atoms with Crippen molar-refractivity contribution in [2.24, 2.45) is 0 Å². The standard InChI is InChI=1S/3C22H22N2O4/c3*25-18-11-15-7-9-17-22-24(14-6-8-16(10-14)28-22)21(26)19(23(15)17)20(18)27-12-13-4-2-1-3-5-13/h3*1-5,11,14,16-17,22H,6-10,12H2/t14?,16?,17-,22+;14?,16?,17-,22-;/m11./s1. The number of rotatable bonds is 9. The van der Waals surface area contributed by atoms with Crippen molar-refractivity contribution in [1.82, 2.24) is 28.4 Å². The number of pyridine rings is 3. The summed E-state index contributed by atoms with van der Waals surface area (Å²) in [6.07, 6.45) is 13.9. The Balaban J connectivity index is 0.000000103. The van der Waals surface area contributed by atoms with E-state index in [-0.39, 0.29) is 144 Å². The molecule has 3 saturated carbocycles. The first-order valence-corrected chi connectivity index (χ1v) is 30.4. The topological polar surface area (TPSA) is 182 Å². The quantitative estimate of drug-likeness (QED) is 0.137. The fourth-order valence-electron chi connectivity index (χ4n) is 16.3. The number of fused-ring (bicyclic) bond motifs is 15. The number of aryl methyl sites for hydroxylation is 3. The second-order valence-corrected chi connectivity index (χ2v) is 24.8. The number of aromatic nitrogens is 3. The van der Waals surface area contributed by atoms with Gasteiger partial charge < -0.3 is 56.8 Å². The maximum absolute atomic E-state index is 13.6. The van der Waals surface area contributed by atoms with Crippen LogP contribution in [0.5, 0.6) is 17.2 Å². The minimum absolute atomic E-state index is 0.0748. The smallest absolute Gasteiger partial charge is 0.276 e. The van der Waals surface area contributed by atoms with Crippen LogP contribution in [-0.4, -0.2) is 101 Å². The molecule has 3 amide bonds. The molecule has 0 spiro atoms. The molecule has 18 nitrogen and oxygen atoms in total. The molecule has 3 saturated heterocycles. The van der Waals surface area contributed by atoms with Gasteiger partial charge in [0.15, 0.2) is 53.0 Å². The lowest BCUT2D eigenvalue weighted by Crippen LogP contribution is -2.58. The zero-order valence-electron chi connectivity index (χ0n) is 46.6. The second-order valence-electron chi connectivity index (χ2n) is 24.8. The summed E-state index contributed by atoms with van der Waals surface area (Å²) in [4.78, 5) is 84.9. The van der Waals surface area contributed by atoms with Gasteiger partial charge in [0.2, 0.25) is 16.3 Å². The van der Waals surface area contributed by atoms with Crippen LogP contribution in [-0.2, 0) is 53.3 Å². The van der Waals surface area contributed by atoms with Crippen LogP contribution >= 0.6 is 0 Å². The van der Waals surface area contributed by atoms with Gasteiger partial charge in [0, 0.05) is 53.4 Å². The average Bonchev–Trinajstić information content (AvgIpc) is 1.60. The van der Waals surface area contributed by atoms with Gasteiger partial charge in [-0.25, -0.2) is 0 Å². The Morgan fingerprint density at radius 1 is 0.369 bits per heavy atom. The molecule has 6 bridgehead atoms. The molecule has 18 rings (SSSR count). The van der Waals surface area contributed by atoms with Crippen LogP contribution in [0.3, 0.4) is 0 Å². The molecule has 432 valence electrons. The molecular formula is C66H66N6O12. The molecule has 9 aliphatic heterocycles. The zero-order chi connectivity index (χ0) is 56.5. The maximum atomic E-state index is 13.6. The molecule has 12 atom stereocenters. The van der Waals surface area contributed by atoms with Crippen LogP contribution in [0.25, 0.3) is 0 Å². The molecule has 6 fully saturated rings. The second kappa shape index (κ2) is 20.5. The first-order valence-electron chi connectivity index (χ1n) is 30.4. The summed E-state index contributed by atoms with van der Waals surface area (Å²) in [5.74, 6) is 0.204. The molecule has 84 heavy (non-hydrogen) atoms. The normalized spacial score (nSPS) is 29.6. The monoisotopic (exact) mass is 1130 g/mol. The van der Waals surface area contributed by atoms with Gasteiger partial charge in [-0.15, -0.1) is 0 Å². The number of amides is 3. The van der Waals surface area contributed by atoms with Crippen LogP contribution in [0.1, 0.15) is 160 Å². The Morgan fingerprint density at radius 2 is 0.655 bits per heavy atom. The molecule has 3 aromatic heterocycles. The molecule has 8 unspecified atom stereocenters. The lowest BCUT2D eigenvalue weighted by Gasteiger charge is -2.47. The summed E-state index contributed by atoms with van der Waals surface area (Å²) in [5.41, 5.74) is 6.34. The van der Waals surface area contributed by atoms with Gasteiger partial charge >= 0.3 is 0 Å². The highest BCUT2D eigenvalue weighted by Gasteiger charge is 2.56. The number of benzene rings is 3. The predicted molar refractivity (Wildman–Crippen MR) is 304 cm³/mol. The maximum Gasteiger partial charge on any atom is 0.276 e. The predicted octanol–water partition coefficient (Wildman–Crippen LogP) is 7.94. The third-order valence-corrected chi connectivity index (χ3v) is 20.0. The van der Waals surface area contributed by atoms with E-state index in [1.165, 1.54) is 0 Å². The third kappa shape index (κ3) is 8.43. The van der Waals surface area contributed by atoms with Crippen molar-refractivity contribution in [2.75, 3.05) is 0 Å². The molecule has 0 radical (unpaired) electrons. The molecule has 18 heteroatoms. The molecular weight excluding hydrogens is 1070 g/mol. The van der Waals surface area contributed by atoms with Gasteiger partial charge in [-0.1, -0.05) is 91.0 Å². The Morgan fingerprint density at radius 3 is 0.940 bits per heavy atom. The summed E-state index contributed by atoms with van der Waals surface area (Å²) in [6.45, 7) is 0.809. The summed E-state index contributed by atoms with van der Waals surface area (Å²) >= 11 is 0. The van der Waals surface area contributed by atoms with Gasteiger partial charge in [-0.2, -0.15) is 0 Å². The van der Waals surface area contributed by atoms with Crippen molar-refractivity contribution in [3.63, 3.8) is 0 Å². The van der Waals surface area contributed by atoms with E-state index in [1.54, 1.807) is 18.2 Å². The third-order valence-electron chi connectivity index (χ3n) is 20.0. The van der Waals surface area contributed by atoms with E-state index in [0.717, 1.165) is 130 Å². The number of hydrogen-bond acceptors (Lipinski definition) is 12. The van der Waals surface area contributed by atoms with E-state index >= 15 is 0 Å². The highest BCUT2D eigenvalue weighted by atomic mass is 16.5. The van der Waals surface area contributed by atoms with Crippen LogP contribution in [0, 0.1) is 0 Å². The Bertz CT molecular complexity index is 3440. The first-order chi connectivity index (χ1) is 41.1. The summed E-state index contributed by atoms with van der Waals surface area (Å²) < 4.78 is 42.9.